The maximum absolute atomic E-state index is 12.3. The van der Waals surface area contributed by atoms with Crippen molar-refractivity contribution in [1.29, 1.82) is 0 Å². The summed E-state index contributed by atoms with van der Waals surface area (Å²) in [6.45, 7) is 3.29. The van der Waals surface area contributed by atoms with E-state index in [1.165, 1.54) is 0 Å². The number of carbonyl (C=O) groups is 5. The number of imide groups is 2. The van der Waals surface area contributed by atoms with Gasteiger partial charge in [-0.2, -0.15) is 0 Å². The fraction of sp³-hybridized carbons (Fsp3) is 0.722. The molecule has 1 saturated carbocycles. The molecule has 0 bridgehead atoms. The second-order valence-electron chi connectivity index (χ2n) is 7.41. The molecule has 5 amide bonds. The summed E-state index contributed by atoms with van der Waals surface area (Å²) in [5, 5.41) is 4.57. The van der Waals surface area contributed by atoms with E-state index in [9.17, 15) is 24.0 Å². The number of hydrogen-bond donors (Lipinski definition) is 2. The summed E-state index contributed by atoms with van der Waals surface area (Å²) in [5.41, 5.74) is 0. The summed E-state index contributed by atoms with van der Waals surface area (Å²) >= 11 is 0. The minimum atomic E-state index is -0.856. The number of esters is 1. The molecular weight excluding hydrogens is 354 g/mol. The quantitative estimate of drug-likeness (QED) is 0.491. The van der Waals surface area contributed by atoms with Crippen molar-refractivity contribution in [2.45, 2.75) is 46.0 Å². The maximum Gasteiger partial charge on any atom is 0.326 e. The van der Waals surface area contributed by atoms with Gasteiger partial charge in [0.1, 0.15) is 6.54 Å². The Morgan fingerprint density at radius 1 is 1.11 bits per heavy atom. The predicted octanol–water partition coefficient (Wildman–Crippen LogP) is 0.577. The van der Waals surface area contributed by atoms with Crippen LogP contribution in [-0.4, -0.2) is 54.3 Å². The highest BCUT2D eigenvalue weighted by atomic mass is 16.5. The first-order chi connectivity index (χ1) is 12.8. The average molecular weight is 381 g/mol. The lowest BCUT2D eigenvalue weighted by Crippen LogP contribution is -2.42. The van der Waals surface area contributed by atoms with Crippen LogP contribution in [0.2, 0.25) is 0 Å². The minimum absolute atomic E-state index is 0.336. The number of nitrogens with zero attached hydrogens (tertiary/aromatic N) is 1. The third kappa shape index (κ3) is 5.77. The third-order valence-corrected chi connectivity index (χ3v) is 4.84. The molecule has 27 heavy (non-hydrogen) atoms. The molecule has 1 aliphatic heterocycles. The Morgan fingerprint density at radius 2 is 1.70 bits per heavy atom. The molecule has 150 valence electrons. The van der Waals surface area contributed by atoms with Crippen LogP contribution >= 0.6 is 0 Å². The highest BCUT2D eigenvalue weighted by molar-refractivity contribution is 6.07. The van der Waals surface area contributed by atoms with E-state index >= 15 is 0 Å². The fourth-order valence-electron chi connectivity index (χ4n) is 3.39. The summed E-state index contributed by atoms with van der Waals surface area (Å²) < 4.78 is 4.78. The molecule has 0 aromatic heterocycles. The number of ether oxygens (including phenoxy) is 1. The Bertz CT molecular complexity index is 594. The van der Waals surface area contributed by atoms with Gasteiger partial charge in [-0.05, 0) is 25.2 Å². The molecule has 0 spiro atoms. The van der Waals surface area contributed by atoms with E-state index in [0.717, 1.165) is 24.2 Å². The molecule has 1 heterocycles. The lowest BCUT2D eigenvalue weighted by Gasteiger charge is -2.19. The molecule has 0 aromatic carbocycles. The zero-order valence-corrected chi connectivity index (χ0v) is 15.8. The molecule has 0 radical (unpaired) electrons. The maximum atomic E-state index is 12.3. The minimum Gasteiger partial charge on any atom is -0.454 e. The van der Waals surface area contributed by atoms with E-state index in [0.29, 0.717) is 25.3 Å². The van der Waals surface area contributed by atoms with E-state index in [2.05, 4.69) is 5.32 Å². The third-order valence-electron chi connectivity index (χ3n) is 4.84. The molecular formula is C18H27N3O6. The van der Waals surface area contributed by atoms with Crippen LogP contribution in [0.15, 0.2) is 0 Å². The van der Waals surface area contributed by atoms with E-state index < -0.39 is 31.1 Å². The zero-order valence-electron chi connectivity index (χ0n) is 15.8. The normalized spacial score (nSPS) is 21.8. The van der Waals surface area contributed by atoms with Crippen LogP contribution in [-0.2, 0) is 23.9 Å². The highest BCUT2D eigenvalue weighted by Gasteiger charge is 2.48. The van der Waals surface area contributed by atoms with Gasteiger partial charge in [0.2, 0.25) is 11.8 Å². The number of hydrogen-bond acceptors (Lipinski definition) is 6. The van der Waals surface area contributed by atoms with Crippen molar-refractivity contribution < 1.29 is 28.7 Å². The van der Waals surface area contributed by atoms with Crippen molar-refractivity contribution in [3.8, 4) is 0 Å². The number of carbonyl (C=O) groups excluding carboxylic acids is 5. The smallest absolute Gasteiger partial charge is 0.326 e. The molecule has 0 unspecified atom stereocenters. The SMILES string of the molecule is CC(C)CCNC(=O)NC(=O)COC(=O)CN1C(=O)[C@H]2CCCC[C@H]2C1=O. The molecule has 0 aromatic rings. The van der Waals surface area contributed by atoms with Crippen LogP contribution in [0.4, 0.5) is 4.79 Å². The first kappa shape index (κ1) is 20.9. The Morgan fingerprint density at radius 3 is 2.26 bits per heavy atom. The molecule has 2 rings (SSSR count). The van der Waals surface area contributed by atoms with Crippen molar-refractivity contribution in [3.63, 3.8) is 0 Å². The summed E-state index contributed by atoms with van der Waals surface area (Å²) in [4.78, 5) is 60.5. The van der Waals surface area contributed by atoms with Gasteiger partial charge in [-0.3, -0.25) is 29.4 Å². The fourth-order valence-corrected chi connectivity index (χ4v) is 3.39. The van der Waals surface area contributed by atoms with Gasteiger partial charge in [0.25, 0.3) is 5.91 Å². The van der Waals surface area contributed by atoms with Gasteiger partial charge in [-0.25, -0.2) is 4.79 Å². The summed E-state index contributed by atoms with van der Waals surface area (Å²) in [6, 6.07) is -0.661. The molecule has 9 heteroatoms. The Labute approximate surface area is 158 Å². The number of urea groups is 1. The molecule has 1 saturated heterocycles. The van der Waals surface area contributed by atoms with Crippen LogP contribution in [0.1, 0.15) is 46.0 Å². The van der Waals surface area contributed by atoms with Gasteiger partial charge < -0.3 is 10.1 Å². The van der Waals surface area contributed by atoms with Gasteiger partial charge in [0, 0.05) is 6.54 Å². The summed E-state index contributed by atoms with van der Waals surface area (Å²) in [5.74, 6) is -2.56. The number of fused-ring (bicyclic) bond motifs is 1. The number of likely N-dealkylation sites (tertiary alicyclic amines) is 1. The second-order valence-corrected chi connectivity index (χ2v) is 7.41. The monoisotopic (exact) mass is 381 g/mol. The topological polar surface area (TPSA) is 122 Å². The second kappa shape index (κ2) is 9.48. The molecule has 2 N–H and O–H groups in total. The van der Waals surface area contributed by atoms with E-state index in [1.807, 2.05) is 19.2 Å². The average Bonchev–Trinajstić information content (AvgIpc) is 2.85. The Balaban J connectivity index is 1.71. The van der Waals surface area contributed by atoms with Crippen LogP contribution in [0.3, 0.4) is 0 Å². The Hall–Kier alpha value is -2.45. The van der Waals surface area contributed by atoms with Crippen molar-refractivity contribution in [3.05, 3.63) is 0 Å². The predicted molar refractivity (Wildman–Crippen MR) is 94.1 cm³/mol. The Kier molecular flexibility index (Phi) is 7.32. The number of rotatable bonds is 7. The molecule has 2 aliphatic rings. The van der Waals surface area contributed by atoms with Gasteiger partial charge >= 0.3 is 12.0 Å². The number of amides is 5. The van der Waals surface area contributed by atoms with Crippen LogP contribution in [0, 0.1) is 17.8 Å². The van der Waals surface area contributed by atoms with Crippen molar-refractivity contribution in [2.24, 2.45) is 17.8 Å². The number of nitrogens with one attached hydrogen (secondary N) is 2. The first-order valence-corrected chi connectivity index (χ1v) is 9.38. The largest absolute Gasteiger partial charge is 0.454 e. The van der Waals surface area contributed by atoms with Gasteiger partial charge in [0.15, 0.2) is 6.61 Å². The molecule has 1 aliphatic carbocycles. The summed E-state index contributed by atoms with van der Waals surface area (Å²) in [6.07, 6.45) is 3.90. The van der Waals surface area contributed by atoms with E-state index in [-0.39, 0.29) is 23.7 Å². The van der Waals surface area contributed by atoms with Gasteiger partial charge in [-0.15, -0.1) is 0 Å². The first-order valence-electron chi connectivity index (χ1n) is 9.38. The summed E-state index contributed by atoms with van der Waals surface area (Å²) in [7, 11) is 0. The standard InChI is InChI=1S/C18H27N3O6/c1-11(2)7-8-19-18(26)20-14(22)10-27-15(23)9-21-16(24)12-5-3-4-6-13(12)17(21)25/h11-13H,3-10H2,1-2H3,(H2,19,20,22,26)/t12-,13+. The van der Waals surface area contributed by atoms with Gasteiger partial charge in [-0.1, -0.05) is 26.7 Å². The molecule has 9 nitrogen and oxygen atoms in total. The lowest BCUT2D eigenvalue weighted by molar-refractivity contribution is -0.154. The van der Waals surface area contributed by atoms with Crippen LogP contribution in [0.25, 0.3) is 0 Å². The van der Waals surface area contributed by atoms with E-state index in [1.54, 1.807) is 0 Å². The molecule has 2 fully saturated rings. The zero-order chi connectivity index (χ0) is 20.0. The van der Waals surface area contributed by atoms with Gasteiger partial charge in [0.05, 0.1) is 11.8 Å². The van der Waals surface area contributed by atoms with E-state index in [4.69, 9.17) is 4.74 Å². The van der Waals surface area contributed by atoms with Crippen molar-refractivity contribution in [2.75, 3.05) is 19.7 Å². The van der Waals surface area contributed by atoms with Crippen LogP contribution in [0.5, 0.6) is 0 Å². The van der Waals surface area contributed by atoms with Crippen molar-refractivity contribution in [1.82, 2.24) is 15.5 Å². The van der Waals surface area contributed by atoms with Crippen molar-refractivity contribution >= 4 is 29.7 Å². The van der Waals surface area contributed by atoms with Crippen LogP contribution < -0.4 is 10.6 Å². The lowest BCUT2D eigenvalue weighted by atomic mass is 9.81. The molecule has 2 atom stereocenters. The highest BCUT2D eigenvalue weighted by Crippen LogP contribution is 2.37.